The molecule has 1 aliphatic rings. The Morgan fingerprint density at radius 2 is 1.93 bits per heavy atom. The minimum Gasteiger partial charge on any atom is -0.356 e. The van der Waals surface area contributed by atoms with Crippen molar-refractivity contribution in [2.45, 2.75) is 65.1 Å². The van der Waals surface area contributed by atoms with E-state index >= 15 is 0 Å². The van der Waals surface area contributed by atoms with Crippen molar-refractivity contribution in [1.82, 2.24) is 10.2 Å². The van der Waals surface area contributed by atoms with Gasteiger partial charge >= 0.3 is 0 Å². The first-order valence-corrected chi connectivity index (χ1v) is 5.90. The molecule has 3 heteroatoms. The zero-order chi connectivity index (χ0) is 12.1. The molecule has 0 aromatic rings. The molecule has 15 heavy (non-hydrogen) atoms. The van der Waals surface area contributed by atoms with Gasteiger partial charge in [-0.25, -0.2) is 0 Å². The number of hydrogen-bond donors (Lipinski definition) is 1. The van der Waals surface area contributed by atoms with Crippen molar-refractivity contribution < 1.29 is 4.79 Å². The van der Waals surface area contributed by atoms with E-state index in [1.54, 1.807) is 0 Å². The van der Waals surface area contributed by atoms with Gasteiger partial charge in [0, 0.05) is 17.6 Å². The van der Waals surface area contributed by atoms with Gasteiger partial charge in [0.2, 0.25) is 6.41 Å². The second-order valence-electron chi connectivity index (χ2n) is 4.69. The number of nitrogens with zero attached hydrogens (tertiary/aromatic N) is 1. The van der Waals surface area contributed by atoms with Gasteiger partial charge in [0.05, 0.1) is 0 Å². The molecule has 1 amide bonds. The predicted octanol–water partition coefficient (Wildman–Crippen LogP) is 2.02. The summed E-state index contributed by atoms with van der Waals surface area (Å²) in [4.78, 5) is 12.7. The summed E-state index contributed by atoms with van der Waals surface area (Å²) in [7, 11) is 2.15. The largest absolute Gasteiger partial charge is 0.356 e. The molecule has 2 unspecified atom stereocenters. The van der Waals surface area contributed by atoms with Crippen LogP contribution in [0.4, 0.5) is 0 Å². The highest BCUT2D eigenvalue weighted by Crippen LogP contribution is 2.29. The van der Waals surface area contributed by atoms with E-state index in [1.807, 2.05) is 13.8 Å². The van der Waals surface area contributed by atoms with Crippen LogP contribution in [0, 0.1) is 0 Å². The van der Waals surface area contributed by atoms with Crippen molar-refractivity contribution in [2.24, 2.45) is 0 Å². The third kappa shape index (κ3) is 3.82. The Bertz CT molecular complexity index is 192. The van der Waals surface area contributed by atoms with E-state index in [2.05, 4.69) is 38.0 Å². The third-order valence-electron chi connectivity index (χ3n) is 3.29. The van der Waals surface area contributed by atoms with Crippen LogP contribution in [0.3, 0.4) is 0 Å². The predicted molar refractivity (Wildman–Crippen MR) is 64.9 cm³/mol. The van der Waals surface area contributed by atoms with Crippen LogP contribution in [-0.4, -0.2) is 36.0 Å². The average Bonchev–Trinajstić information content (AvgIpc) is 2.17. The van der Waals surface area contributed by atoms with Crippen molar-refractivity contribution >= 4 is 6.41 Å². The van der Waals surface area contributed by atoms with Gasteiger partial charge in [0.15, 0.2) is 0 Å². The summed E-state index contributed by atoms with van der Waals surface area (Å²) in [6.45, 7) is 10.7. The molecule has 1 rings (SSSR count). The molecule has 2 atom stereocenters. The monoisotopic (exact) mass is 214 g/mol. The Labute approximate surface area is 94.2 Å². The fraction of sp³-hybridized carbons (Fsp3) is 0.917. The second kappa shape index (κ2) is 6.11. The number of hydrogen-bond acceptors (Lipinski definition) is 2. The highest BCUT2D eigenvalue weighted by molar-refractivity contribution is 5.46. The van der Waals surface area contributed by atoms with Crippen molar-refractivity contribution in [1.29, 1.82) is 0 Å². The lowest BCUT2D eigenvalue weighted by atomic mass is 9.84. The molecule has 0 aromatic carbocycles. The average molecular weight is 214 g/mol. The Hall–Kier alpha value is -0.570. The van der Waals surface area contributed by atoms with E-state index in [9.17, 15) is 4.79 Å². The third-order valence-corrected chi connectivity index (χ3v) is 3.29. The molecule has 1 aliphatic heterocycles. The van der Waals surface area contributed by atoms with Crippen LogP contribution >= 0.6 is 0 Å². The maximum atomic E-state index is 10.3. The molecular formula is C12H26N2O. The normalized spacial score (nSPS) is 30.0. The van der Waals surface area contributed by atoms with Crippen molar-refractivity contribution in [3.8, 4) is 0 Å². The zero-order valence-electron chi connectivity index (χ0n) is 11.0. The summed E-state index contributed by atoms with van der Waals surface area (Å²) in [5.41, 5.74) is 0.193. The van der Waals surface area contributed by atoms with Crippen molar-refractivity contribution in [2.75, 3.05) is 7.05 Å². The van der Waals surface area contributed by atoms with Crippen LogP contribution < -0.4 is 5.32 Å². The van der Waals surface area contributed by atoms with E-state index in [0.29, 0.717) is 12.1 Å². The molecule has 0 aliphatic carbocycles. The quantitative estimate of drug-likeness (QED) is 0.713. The lowest BCUT2D eigenvalue weighted by Gasteiger charge is -2.47. The number of carbonyl (C=O) groups is 1. The van der Waals surface area contributed by atoms with Crippen molar-refractivity contribution in [3.63, 3.8) is 0 Å². The summed E-state index contributed by atoms with van der Waals surface area (Å²) in [5, 5.41) is 2.88. The highest BCUT2D eigenvalue weighted by Gasteiger charge is 2.36. The lowest BCUT2D eigenvalue weighted by molar-refractivity contribution is -0.111. The zero-order valence-corrected chi connectivity index (χ0v) is 11.0. The van der Waals surface area contributed by atoms with Gasteiger partial charge in [0.1, 0.15) is 0 Å². The Kier molecular flexibility index (Phi) is 5.88. The Balaban J connectivity index is 0.000000921. The molecule has 0 spiro atoms. The molecule has 3 nitrogen and oxygen atoms in total. The molecule has 1 N–H and O–H groups in total. The van der Waals surface area contributed by atoms with Gasteiger partial charge in [-0.15, -0.1) is 0 Å². The molecule has 0 radical (unpaired) electrons. The number of carbonyl (C=O) groups excluding carboxylic acids is 1. The van der Waals surface area contributed by atoms with E-state index in [-0.39, 0.29) is 5.54 Å². The fourth-order valence-electron chi connectivity index (χ4n) is 2.22. The van der Waals surface area contributed by atoms with Crippen LogP contribution in [-0.2, 0) is 4.79 Å². The standard InChI is InChI=1S/C10H20N2O.C2H6/c1-8-5-9(11-7-13)6-10(2,3)12(8)4;1-2/h7-9H,5-6H2,1-4H3,(H,11,13);1-2H3. The van der Waals surface area contributed by atoms with Crippen molar-refractivity contribution in [3.05, 3.63) is 0 Å². The topological polar surface area (TPSA) is 32.3 Å². The first-order valence-electron chi connectivity index (χ1n) is 5.90. The van der Waals surface area contributed by atoms with Gasteiger partial charge in [-0.2, -0.15) is 0 Å². The SMILES string of the molecule is CC.CC1CC(NC=O)CC(C)(C)N1C. The summed E-state index contributed by atoms with van der Waals surface area (Å²) < 4.78 is 0. The summed E-state index contributed by atoms with van der Waals surface area (Å²) in [5.74, 6) is 0. The fourth-order valence-corrected chi connectivity index (χ4v) is 2.22. The lowest BCUT2D eigenvalue weighted by Crippen LogP contribution is -2.56. The highest BCUT2D eigenvalue weighted by atomic mass is 16.1. The number of likely N-dealkylation sites (tertiary alicyclic amines) is 1. The second-order valence-corrected chi connectivity index (χ2v) is 4.69. The molecule has 1 saturated heterocycles. The summed E-state index contributed by atoms with van der Waals surface area (Å²) in [6, 6.07) is 0.889. The maximum Gasteiger partial charge on any atom is 0.207 e. The minimum atomic E-state index is 0.193. The molecule has 0 bridgehead atoms. The maximum absolute atomic E-state index is 10.3. The van der Waals surface area contributed by atoms with Gasteiger partial charge in [-0.05, 0) is 40.7 Å². The number of piperidine rings is 1. The first kappa shape index (κ1) is 14.4. The van der Waals surface area contributed by atoms with Gasteiger partial charge in [-0.3, -0.25) is 9.69 Å². The summed E-state index contributed by atoms with van der Waals surface area (Å²) in [6.07, 6.45) is 2.91. The molecule has 1 fully saturated rings. The van der Waals surface area contributed by atoms with E-state index in [4.69, 9.17) is 0 Å². The van der Waals surface area contributed by atoms with E-state index in [1.165, 1.54) is 0 Å². The van der Waals surface area contributed by atoms with Gasteiger partial charge < -0.3 is 5.32 Å². The van der Waals surface area contributed by atoms with E-state index in [0.717, 1.165) is 19.3 Å². The molecule has 0 aromatic heterocycles. The van der Waals surface area contributed by atoms with Crippen LogP contribution in [0.15, 0.2) is 0 Å². The number of rotatable bonds is 2. The summed E-state index contributed by atoms with van der Waals surface area (Å²) >= 11 is 0. The Morgan fingerprint density at radius 3 is 2.33 bits per heavy atom. The van der Waals surface area contributed by atoms with Crippen LogP contribution in [0.1, 0.15) is 47.5 Å². The minimum absolute atomic E-state index is 0.193. The van der Waals surface area contributed by atoms with Crippen LogP contribution in [0.25, 0.3) is 0 Å². The molecular weight excluding hydrogens is 188 g/mol. The molecule has 1 heterocycles. The molecule has 90 valence electrons. The molecule has 0 saturated carbocycles. The van der Waals surface area contributed by atoms with Gasteiger partial charge in [0.25, 0.3) is 0 Å². The number of nitrogens with one attached hydrogen (secondary N) is 1. The van der Waals surface area contributed by atoms with Crippen LogP contribution in [0.2, 0.25) is 0 Å². The number of amides is 1. The van der Waals surface area contributed by atoms with Crippen LogP contribution in [0.5, 0.6) is 0 Å². The Morgan fingerprint density at radius 1 is 1.40 bits per heavy atom. The van der Waals surface area contributed by atoms with Gasteiger partial charge in [-0.1, -0.05) is 13.8 Å². The smallest absolute Gasteiger partial charge is 0.207 e. The first-order chi connectivity index (χ1) is 6.97. The van der Waals surface area contributed by atoms with E-state index < -0.39 is 0 Å².